The van der Waals surface area contributed by atoms with Gasteiger partial charge in [-0.2, -0.15) is 0 Å². The molecule has 3 heterocycles. The Kier molecular flexibility index (Phi) is 4.52. The molecule has 1 atom stereocenters. The van der Waals surface area contributed by atoms with E-state index in [1.165, 1.54) is 6.07 Å². The Labute approximate surface area is 137 Å². The van der Waals surface area contributed by atoms with Crippen LogP contribution < -0.4 is 10.2 Å². The first-order valence-electron chi connectivity index (χ1n) is 7.29. The van der Waals surface area contributed by atoms with Crippen LogP contribution in [0, 0.1) is 0 Å². The number of piperidine rings is 1. The molecule has 2 aromatic heterocycles. The molecule has 1 aliphatic rings. The van der Waals surface area contributed by atoms with E-state index >= 15 is 0 Å². The highest BCUT2D eigenvalue weighted by Crippen LogP contribution is 2.19. The number of carbonyl (C=O) groups excluding carboxylic acids is 1. The summed E-state index contributed by atoms with van der Waals surface area (Å²) in [7, 11) is 0. The molecule has 0 spiro atoms. The zero-order valence-corrected chi connectivity index (χ0v) is 13.1. The van der Waals surface area contributed by atoms with Gasteiger partial charge in [0.1, 0.15) is 4.88 Å². The smallest absolute Gasteiger partial charge is 0.345 e. The molecule has 2 aromatic rings. The van der Waals surface area contributed by atoms with Crippen LogP contribution in [0.25, 0.3) is 0 Å². The van der Waals surface area contributed by atoms with E-state index in [9.17, 15) is 9.59 Å². The van der Waals surface area contributed by atoms with Gasteiger partial charge in [-0.15, -0.1) is 11.3 Å². The summed E-state index contributed by atoms with van der Waals surface area (Å²) in [6, 6.07) is 4.76. The molecule has 7 nitrogen and oxygen atoms in total. The SMILES string of the molecule is O=C(O)c1ccc(C(=O)N[C@H]2CCCN(c3ncccn3)C2)s1. The summed E-state index contributed by atoms with van der Waals surface area (Å²) >= 11 is 0.985. The fourth-order valence-electron chi connectivity index (χ4n) is 2.56. The molecule has 0 radical (unpaired) electrons. The first kappa shape index (κ1) is 15.4. The summed E-state index contributed by atoms with van der Waals surface area (Å²) < 4.78 is 0. The van der Waals surface area contributed by atoms with Gasteiger partial charge in [0, 0.05) is 31.5 Å². The fraction of sp³-hybridized carbons (Fsp3) is 0.333. The Morgan fingerprint density at radius 2 is 2.00 bits per heavy atom. The summed E-state index contributed by atoms with van der Waals surface area (Å²) in [6.07, 6.45) is 5.22. The molecular formula is C15H16N4O3S. The van der Waals surface area contributed by atoms with E-state index in [1.54, 1.807) is 24.5 Å². The number of rotatable bonds is 4. The third-order valence-electron chi connectivity index (χ3n) is 3.63. The summed E-state index contributed by atoms with van der Waals surface area (Å²) in [4.78, 5) is 34.2. The van der Waals surface area contributed by atoms with Gasteiger partial charge in [-0.1, -0.05) is 0 Å². The standard InChI is InChI=1S/C15H16N4O3S/c20-13(11-4-5-12(23-11)14(21)22)18-10-3-1-8-19(9-10)15-16-6-2-7-17-15/h2,4-7,10H,1,3,8-9H2,(H,18,20)(H,21,22)/t10-/m0/s1. The lowest BCUT2D eigenvalue weighted by molar-refractivity contribution is 0.0702. The number of amides is 1. The quantitative estimate of drug-likeness (QED) is 0.883. The number of carboxylic acids is 1. The molecule has 23 heavy (non-hydrogen) atoms. The number of anilines is 1. The van der Waals surface area contributed by atoms with Crippen molar-refractivity contribution in [2.24, 2.45) is 0 Å². The molecule has 1 fully saturated rings. The van der Waals surface area contributed by atoms with Gasteiger partial charge in [-0.05, 0) is 31.0 Å². The number of thiophene rings is 1. The minimum absolute atomic E-state index is 0.00423. The molecule has 1 amide bonds. The van der Waals surface area contributed by atoms with Crippen molar-refractivity contribution < 1.29 is 14.7 Å². The van der Waals surface area contributed by atoms with Crippen molar-refractivity contribution in [1.82, 2.24) is 15.3 Å². The second-order valence-electron chi connectivity index (χ2n) is 5.28. The van der Waals surface area contributed by atoms with Crippen LogP contribution in [-0.2, 0) is 0 Å². The first-order valence-corrected chi connectivity index (χ1v) is 8.11. The molecule has 8 heteroatoms. The summed E-state index contributed by atoms with van der Waals surface area (Å²) in [5.41, 5.74) is 0. The van der Waals surface area contributed by atoms with Crippen LogP contribution in [0.3, 0.4) is 0 Å². The molecule has 0 saturated carbocycles. The predicted molar refractivity (Wildman–Crippen MR) is 86.0 cm³/mol. The van der Waals surface area contributed by atoms with Crippen molar-refractivity contribution in [3.8, 4) is 0 Å². The zero-order valence-electron chi connectivity index (χ0n) is 12.3. The highest BCUT2D eigenvalue weighted by Gasteiger charge is 2.24. The normalized spacial score (nSPS) is 17.7. The van der Waals surface area contributed by atoms with Gasteiger partial charge >= 0.3 is 5.97 Å². The third kappa shape index (κ3) is 3.65. The molecule has 1 aliphatic heterocycles. The van der Waals surface area contributed by atoms with E-state index < -0.39 is 5.97 Å². The lowest BCUT2D eigenvalue weighted by Crippen LogP contribution is -2.48. The maximum atomic E-state index is 12.2. The van der Waals surface area contributed by atoms with E-state index in [-0.39, 0.29) is 16.8 Å². The van der Waals surface area contributed by atoms with Crippen molar-refractivity contribution in [2.75, 3.05) is 18.0 Å². The number of carboxylic acid groups (broad SMARTS) is 1. The number of aromatic carboxylic acids is 1. The molecule has 120 valence electrons. The highest BCUT2D eigenvalue weighted by molar-refractivity contribution is 7.15. The van der Waals surface area contributed by atoms with Gasteiger partial charge in [0.25, 0.3) is 5.91 Å². The van der Waals surface area contributed by atoms with E-state index in [4.69, 9.17) is 5.11 Å². The number of nitrogens with one attached hydrogen (secondary N) is 1. The number of hydrogen-bond acceptors (Lipinski definition) is 6. The summed E-state index contributed by atoms with van der Waals surface area (Å²) in [6.45, 7) is 1.51. The minimum atomic E-state index is -1.01. The Balaban J connectivity index is 1.63. The number of hydrogen-bond donors (Lipinski definition) is 2. The van der Waals surface area contributed by atoms with Crippen LogP contribution in [0.1, 0.15) is 32.2 Å². The largest absolute Gasteiger partial charge is 0.477 e. The van der Waals surface area contributed by atoms with E-state index in [2.05, 4.69) is 15.3 Å². The second-order valence-corrected chi connectivity index (χ2v) is 6.36. The van der Waals surface area contributed by atoms with Crippen LogP contribution in [0.15, 0.2) is 30.6 Å². The van der Waals surface area contributed by atoms with Crippen molar-refractivity contribution in [3.05, 3.63) is 40.3 Å². The number of carbonyl (C=O) groups is 2. The monoisotopic (exact) mass is 332 g/mol. The third-order valence-corrected chi connectivity index (χ3v) is 4.70. The maximum Gasteiger partial charge on any atom is 0.345 e. The Bertz CT molecular complexity index is 704. The van der Waals surface area contributed by atoms with Crippen LogP contribution in [0.2, 0.25) is 0 Å². The van der Waals surface area contributed by atoms with Crippen LogP contribution >= 0.6 is 11.3 Å². The number of aromatic nitrogens is 2. The average molecular weight is 332 g/mol. The van der Waals surface area contributed by atoms with E-state index in [1.807, 2.05) is 4.90 Å². The number of nitrogens with zero attached hydrogens (tertiary/aromatic N) is 3. The van der Waals surface area contributed by atoms with Crippen LogP contribution in [-0.4, -0.2) is 46.1 Å². The van der Waals surface area contributed by atoms with Gasteiger partial charge in [0.05, 0.1) is 4.88 Å². The van der Waals surface area contributed by atoms with Gasteiger partial charge < -0.3 is 15.3 Å². The molecular weight excluding hydrogens is 316 g/mol. The summed E-state index contributed by atoms with van der Waals surface area (Å²) in [5, 5.41) is 11.9. The van der Waals surface area contributed by atoms with Crippen molar-refractivity contribution in [1.29, 1.82) is 0 Å². The van der Waals surface area contributed by atoms with Gasteiger partial charge in [-0.25, -0.2) is 14.8 Å². The fourth-order valence-corrected chi connectivity index (χ4v) is 3.31. The van der Waals surface area contributed by atoms with Crippen LogP contribution in [0.5, 0.6) is 0 Å². The molecule has 3 rings (SSSR count). The predicted octanol–water partition coefficient (Wildman–Crippen LogP) is 1.64. The topological polar surface area (TPSA) is 95.4 Å². The van der Waals surface area contributed by atoms with Gasteiger partial charge in [0.15, 0.2) is 0 Å². The van der Waals surface area contributed by atoms with Gasteiger partial charge in [0.2, 0.25) is 5.95 Å². The molecule has 0 bridgehead atoms. The van der Waals surface area contributed by atoms with Crippen molar-refractivity contribution >= 4 is 29.2 Å². The molecule has 1 saturated heterocycles. The van der Waals surface area contributed by atoms with Crippen molar-refractivity contribution in [2.45, 2.75) is 18.9 Å². The molecule has 0 unspecified atom stereocenters. The Morgan fingerprint density at radius 1 is 1.26 bits per heavy atom. The summed E-state index contributed by atoms with van der Waals surface area (Å²) in [5.74, 6) is -0.585. The van der Waals surface area contributed by atoms with E-state index in [0.717, 1.165) is 30.7 Å². The van der Waals surface area contributed by atoms with Crippen LogP contribution in [0.4, 0.5) is 5.95 Å². The van der Waals surface area contributed by atoms with Crippen molar-refractivity contribution in [3.63, 3.8) is 0 Å². The second kappa shape index (κ2) is 6.74. The molecule has 0 aliphatic carbocycles. The average Bonchev–Trinajstić information content (AvgIpc) is 3.06. The lowest BCUT2D eigenvalue weighted by Gasteiger charge is -2.32. The highest BCUT2D eigenvalue weighted by atomic mass is 32.1. The molecule has 0 aromatic carbocycles. The Hall–Kier alpha value is -2.48. The van der Waals surface area contributed by atoms with Gasteiger partial charge in [-0.3, -0.25) is 4.79 Å². The first-order chi connectivity index (χ1) is 11.1. The maximum absolute atomic E-state index is 12.2. The van der Waals surface area contributed by atoms with E-state index in [0.29, 0.717) is 17.4 Å². The molecule has 2 N–H and O–H groups in total. The Morgan fingerprint density at radius 3 is 2.70 bits per heavy atom. The lowest BCUT2D eigenvalue weighted by atomic mass is 10.1. The minimum Gasteiger partial charge on any atom is -0.477 e. The zero-order chi connectivity index (χ0) is 16.2.